The van der Waals surface area contributed by atoms with Crippen LogP contribution in [-0.2, 0) is 16.6 Å². The van der Waals surface area contributed by atoms with Gasteiger partial charge in [-0.2, -0.15) is 5.26 Å². The van der Waals surface area contributed by atoms with Crippen LogP contribution in [0.4, 0.5) is 0 Å². The summed E-state index contributed by atoms with van der Waals surface area (Å²) < 4.78 is 7.56. The maximum absolute atomic E-state index is 12.8. The molecule has 2 aliphatic rings. The first-order chi connectivity index (χ1) is 10.8. The Kier molecular flexibility index (Phi) is 3.48. The van der Waals surface area contributed by atoms with E-state index < -0.39 is 5.92 Å². The third kappa shape index (κ3) is 2.61. The zero-order chi connectivity index (χ0) is 16.8. The minimum absolute atomic E-state index is 0.0352. The van der Waals surface area contributed by atoms with Crippen LogP contribution >= 0.6 is 0 Å². The van der Waals surface area contributed by atoms with E-state index in [0.29, 0.717) is 29.7 Å². The van der Waals surface area contributed by atoms with Gasteiger partial charge in [0.2, 0.25) is 5.88 Å². The van der Waals surface area contributed by atoms with Crippen molar-refractivity contribution in [2.45, 2.75) is 32.6 Å². The minimum atomic E-state index is -0.445. The van der Waals surface area contributed by atoms with Gasteiger partial charge in [-0.1, -0.05) is 13.8 Å². The summed E-state index contributed by atoms with van der Waals surface area (Å²) in [7, 11) is 1.91. The maximum atomic E-state index is 12.8. The second-order valence-corrected chi connectivity index (χ2v) is 7.01. The molecule has 118 valence electrons. The Morgan fingerprint density at radius 1 is 1.43 bits per heavy atom. The summed E-state index contributed by atoms with van der Waals surface area (Å²) in [6, 6.07) is 5.94. The number of aryl methyl sites for hydroxylation is 1. The molecule has 1 aliphatic heterocycles. The van der Waals surface area contributed by atoms with Gasteiger partial charge in [0.05, 0.1) is 5.92 Å². The molecule has 0 saturated carbocycles. The fourth-order valence-corrected chi connectivity index (χ4v) is 3.40. The van der Waals surface area contributed by atoms with Gasteiger partial charge >= 0.3 is 0 Å². The molecule has 0 radical (unpaired) electrons. The monoisotopic (exact) mass is 310 g/mol. The highest BCUT2D eigenvalue weighted by Crippen LogP contribution is 2.47. The molecular formula is C18H20N3O2+. The topological polar surface area (TPSA) is 80.0 Å². The van der Waals surface area contributed by atoms with Crippen molar-refractivity contribution >= 4 is 5.78 Å². The van der Waals surface area contributed by atoms with Crippen molar-refractivity contribution < 1.29 is 14.1 Å². The van der Waals surface area contributed by atoms with Crippen molar-refractivity contribution in [1.29, 1.82) is 5.26 Å². The van der Waals surface area contributed by atoms with E-state index in [1.807, 2.05) is 50.0 Å². The number of nitriles is 1. The van der Waals surface area contributed by atoms with Crippen LogP contribution in [0.15, 0.2) is 47.3 Å². The van der Waals surface area contributed by atoms with Gasteiger partial charge in [-0.25, -0.2) is 4.57 Å². The van der Waals surface area contributed by atoms with Crippen LogP contribution < -0.4 is 10.3 Å². The number of Topliss-reactive ketones (excluding diaryl/α,β-unsaturated/α-hetero) is 1. The van der Waals surface area contributed by atoms with E-state index in [2.05, 4.69) is 6.07 Å². The predicted octanol–water partition coefficient (Wildman–Crippen LogP) is 1.96. The fraction of sp³-hybridized carbons (Fsp3) is 0.389. The molecule has 23 heavy (non-hydrogen) atoms. The molecule has 2 N–H and O–H groups in total. The van der Waals surface area contributed by atoms with Crippen LogP contribution in [0.5, 0.6) is 0 Å². The van der Waals surface area contributed by atoms with Crippen LogP contribution in [0.25, 0.3) is 0 Å². The van der Waals surface area contributed by atoms with Crippen LogP contribution in [0.3, 0.4) is 0 Å². The van der Waals surface area contributed by atoms with Crippen molar-refractivity contribution in [2.75, 3.05) is 0 Å². The summed E-state index contributed by atoms with van der Waals surface area (Å²) >= 11 is 0. The number of rotatable bonds is 1. The molecule has 2 heterocycles. The predicted molar refractivity (Wildman–Crippen MR) is 83.3 cm³/mol. The van der Waals surface area contributed by atoms with Crippen molar-refractivity contribution in [3.05, 3.63) is 52.9 Å². The third-order valence-electron chi connectivity index (χ3n) is 4.37. The first-order valence-corrected chi connectivity index (χ1v) is 7.61. The first-order valence-electron chi connectivity index (χ1n) is 7.61. The van der Waals surface area contributed by atoms with Gasteiger partial charge in [-0.15, -0.1) is 0 Å². The maximum Gasteiger partial charge on any atom is 0.205 e. The van der Waals surface area contributed by atoms with Gasteiger partial charge in [0.1, 0.15) is 24.4 Å². The summed E-state index contributed by atoms with van der Waals surface area (Å²) in [6.45, 7) is 4.07. The SMILES string of the molecule is C[n+]1cccc(C2C(C#N)=C(N)OC3=C2C(=O)CC(C)(C)C3)c1. The summed E-state index contributed by atoms with van der Waals surface area (Å²) in [6.07, 6.45) is 4.91. The number of hydrogen-bond acceptors (Lipinski definition) is 4. The summed E-state index contributed by atoms with van der Waals surface area (Å²) in [5, 5.41) is 9.53. The molecule has 0 spiro atoms. The van der Waals surface area contributed by atoms with Gasteiger partial charge in [0.25, 0.3) is 0 Å². The van der Waals surface area contributed by atoms with E-state index in [1.54, 1.807) is 0 Å². The third-order valence-corrected chi connectivity index (χ3v) is 4.37. The highest BCUT2D eigenvalue weighted by molar-refractivity contribution is 6.00. The molecule has 5 nitrogen and oxygen atoms in total. The van der Waals surface area contributed by atoms with E-state index in [0.717, 1.165) is 5.56 Å². The Bertz CT molecular complexity index is 797. The van der Waals surface area contributed by atoms with Crippen molar-refractivity contribution in [3.8, 4) is 6.07 Å². The number of ether oxygens (including phenoxy) is 1. The van der Waals surface area contributed by atoms with Crippen LogP contribution in [0, 0.1) is 16.7 Å². The van der Waals surface area contributed by atoms with Crippen molar-refractivity contribution in [1.82, 2.24) is 0 Å². The van der Waals surface area contributed by atoms with Crippen LogP contribution in [0.1, 0.15) is 38.2 Å². The largest absolute Gasteiger partial charge is 0.444 e. The molecule has 1 aromatic rings. The Hall–Kier alpha value is -2.61. The normalized spacial score (nSPS) is 23.2. The fourth-order valence-electron chi connectivity index (χ4n) is 3.40. The standard InChI is InChI=1S/C18H20N3O2/c1-18(2)7-13(22)16-14(8-18)23-17(20)12(9-19)15(16)11-5-4-6-21(3)10-11/h4-6,10,15H,7-8,20H2,1-3H3/q+1. The minimum Gasteiger partial charge on any atom is -0.444 e. The Labute approximate surface area is 135 Å². The molecule has 0 fully saturated rings. The van der Waals surface area contributed by atoms with Gasteiger partial charge in [0.15, 0.2) is 18.2 Å². The highest BCUT2D eigenvalue weighted by Gasteiger charge is 2.43. The number of nitrogens with zero attached hydrogens (tertiary/aromatic N) is 2. The van der Waals surface area contributed by atoms with E-state index in [9.17, 15) is 10.1 Å². The molecule has 1 aromatic heterocycles. The van der Waals surface area contributed by atoms with Crippen molar-refractivity contribution in [2.24, 2.45) is 18.2 Å². The van der Waals surface area contributed by atoms with E-state index in [-0.39, 0.29) is 17.1 Å². The number of hydrogen-bond donors (Lipinski definition) is 1. The van der Waals surface area contributed by atoms with Crippen molar-refractivity contribution in [3.63, 3.8) is 0 Å². The molecule has 1 unspecified atom stereocenters. The second-order valence-electron chi connectivity index (χ2n) is 7.01. The lowest BCUT2D eigenvalue weighted by Gasteiger charge is -2.36. The lowest BCUT2D eigenvalue weighted by Crippen LogP contribution is -2.34. The number of pyridine rings is 1. The molecule has 1 aliphatic carbocycles. The molecule has 0 amide bonds. The Morgan fingerprint density at radius 2 is 2.17 bits per heavy atom. The summed E-state index contributed by atoms with van der Waals surface area (Å²) in [4.78, 5) is 12.8. The average molecular weight is 310 g/mol. The van der Waals surface area contributed by atoms with Gasteiger partial charge < -0.3 is 10.5 Å². The summed E-state index contributed by atoms with van der Waals surface area (Å²) in [5.74, 6) is 0.306. The molecule has 5 heteroatoms. The lowest BCUT2D eigenvalue weighted by atomic mass is 9.70. The van der Waals surface area contributed by atoms with E-state index >= 15 is 0 Å². The van der Waals surface area contributed by atoms with Crippen LogP contribution in [-0.4, -0.2) is 5.78 Å². The number of carbonyl (C=O) groups excluding carboxylic acids is 1. The lowest BCUT2D eigenvalue weighted by molar-refractivity contribution is -0.671. The van der Waals surface area contributed by atoms with Gasteiger partial charge in [-0.3, -0.25) is 4.79 Å². The Balaban J connectivity index is 2.19. The molecule has 3 rings (SSSR count). The van der Waals surface area contributed by atoms with Crippen LogP contribution in [0.2, 0.25) is 0 Å². The molecule has 0 aromatic carbocycles. The second kappa shape index (κ2) is 5.24. The number of carbonyl (C=O) groups is 1. The molecular weight excluding hydrogens is 290 g/mol. The van der Waals surface area contributed by atoms with E-state index in [1.165, 1.54) is 0 Å². The highest BCUT2D eigenvalue weighted by atomic mass is 16.5. The quantitative estimate of drug-likeness (QED) is 0.804. The number of aromatic nitrogens is 1. The summed E-state index contributed by atoms with van der Waals surface area (Å²) in [5.41, 5.74) is 7.58. The van der Waals surface area contributed by atoms with Gasteiger partial charge in [-0.05, 0) is 11.5 Å². The number of nitrogens with two attached hydrogens (primary N) is 1. The zero-order valence-corrected chi connectivity index (χ0v) is 13.6. The molecule has 1 atom stereocenters. The smallest absolute Gasteiger partial charge is 0.205 e. The number of allylic oxidation sites excluding steroid dienone is 3. The van der Waals surface area contributed by atoms with E-state index in [4.69, 9.17) is 10.5 Å². The Morgan fingerprint density at radius 3 is 2.83 bits per heavy atom. The molecule has 0 bridgehead atoms. The zero-order valence-electron chi connectivity index (χ0n) is 13.6. The average Bonchev–Trinajstić information content (AvgIpc) is 2.44. The molecule has 0 saturated heterocycles. The van der Waals surface area contributed by atoms with Gasteiger partial charge in [0, 0.05) is 30.0 Å². The first kappa shape index (κ1) is 15.3. The number of ketones is 1.